The lowest BCUT2D eigenvalue weighted by molar-refractivity contribution is 0.0950. The first-order valence-corrected chi connectivity index (χ1v) is 12.4. The molecule has 1 heterocycles. The second kappa shape index (κ2) is 10.0. The molecule has 0 radical (unpaired) electrons. The van der Waals surface area contributed by atoms with Crippen LogP contribution in [-0.2, 0) is 16.6 Å². The first-order valence-electron chi connectivity index (χ1n) is 11.0. The highest BCUT2D eigenvalue weighted by atomic mass is 32.2. The number of sulfonamides is 1. The number of pyridine rings is 1. The molecule has 1 aliphatic rings. The van der Waals surface area contributed by atoms with Crippen molar-refractivity contribution in [2.24, 2.45) is 0 Å². The molecular formula is C25H27N3O4S. The van der Waals surface area contributed by atoms with Gasteiger partial charge in [-0.3, -0.25) is 9.10 Å². The molecule has 1 N–H and O–H groups in total. The van der Waals surface area contributed by atoms with Gasteiger partial charge in [-0.15, -0.1) is 0 Å². The average Bonchev–Trinajstić information content (AvgIpc) is 3.36. The summed E-state index contributed by atoms with van der Waals surface area (Å²) in [7, 11) is -2.31. The van der Waals surface area contributed by atoms with E-state index in [1.807, 2.05) is 18.2 Å². The fraction of sp³-hybridized carbons (Fsp3) is 0.280. The minimum atomic E-state index is -3.80. The summed E-state index contributed by atoms with van der Waals surface area (Å²) in [5.41, 5.74) is 1.67. The molecule has 4 rings (SSSR count). The molecule has 3 aromatic rings. The first-order chi connectivity index (χ1) is 15.9. The van der Waals surface area contributed by atoms with Gasteiger partial charge in [-0.1, -0.05) is 24.3 Å². The van der Waals surface area contributed by atoms with Gasteiger partial charge in [0.05, 0.1) is 10.6 Å². The van der Waals surface area contributed by atoms with E-state index >= 15 is 0 Å². The molecule has 1 aromatic heterocycles. The number of hydrogen-bond acceptors (Lipinski definition) is 5. The van der Waals surface area contributed by atoms with Gasteiger partial charge in [0.2, 0.25) is 5.88 Å². The van der Waals surface area contributed by atoms with Crippen LogP contribution < -0.4 is 14.4 Å². The van der Waals surface area contributed by atoms with Crippen molar-refractivity contribution in [3.63, 3.8) is 0 Å². The molecule has 1 saturated carbocycles. The molecule has 0 unspecified atom stereocenters. The third kappa shape index (κ3) is 5.51. The lowest BCUT2D eigenvalue weighted by Gasteiger charge is -2.19. The molecule has 1 aliphatic carbocycles. The van der Waals surface area contributed by atoms with Gasteiger partial charge in [-0.25, -0.2) is 13.4 Å². The summed E-state index contributed by atoms with van der Waals surface area (Å²) in [6.07, 6.45) is 6.31. The Morgan fingerprint density at radius 3 is 2.58 bits per heavy atom. The van der Waals surface area contributed by atoms with Crippen LogP contribution in [0, 0.1) is 0 Å². The zero-order chi connectivity index (χ0) is 23.3. The van der Waals surface area contributed by atoms with Crippen LogP contribution in [0.4, 0.5) is 5.69 Å². The van der Waals surface area contributed by atoms with Crippen molar-refractivity contribution < 1.29 is 17.9 Å². The van der Waals surface area contributed by atoms with E-state index in [0.29, 0.717) is 11.6 Å². The van der Waals surface area contributed by atoms with Crippen LogP contribution in [0.3, 0.4) is 0 Å². The minimum Gasteiger partial charge on any atom is -0.474 e. The highest BCUT2D eigenvalue weighted by molar-refractivity contribution is 7.92. The number of nitrogens with one attached hydrogen (secondary N) is 1. The Bertz CT molecular complexity index is 1210. The molecule has 33 heavy (non-hydrogen) atoms. The Labute approximate surface area is 194 Å². The Hall–Kier alpha value is -3.39. The zero-order valence-electron chi connectivity index (χ0n) is 18.5. The van der Waals surface area contributed by atoms with E-state index in [1.54, 1.807) is 42.6 Å². The molecule has 8 heteroatoms. The largest absolute Gasteiger partial charge is 0.474 e. The number of ether oxygens (including phenoxy) is 1. The maximum atomic E-state index is 13.0. The summed E-state index contributed by atoms with van der Waals surface area (Å²) >= 11 is 0. The number of carbonyl (C=O) groups is 1. The maximum Gasteiger partial charge on any atom is 0.264 e. The molecule has 1 fully saturated rings. The number of aromatic nitrogens is 1. The van der Waals surface area contributed by atoms with Gasteiger partial charge < -0.3 is 10.1 Å². The predicted octanol–water partition coefficient (Wildman–Crippen LogP) is 4.16. The van der Waals surface area contributed by atoms with Crippen LogP contribution in [-0.4, -0.2) is 32.5 Å². The molecule has 7 nitrogen and oxygen atoms in total. The van der Waals surface area contributed by atoms with Crippen LogP contribution in [0.15, 0.2) is 77.8 Å². The smallest absolute Gasteiger partial charge is 0.264 e. The van der Waals surface area contributed by atoms with Crippen LogP contribution in [0.25, 0.3) is 0 Å². The van der Waals surface area contributed by atoms with Gasteiger partial charge >= 0.3 is 0 Å². The highest BCUT2D eigenvalue weighted by Gasteiger charge is 2.22. The summed E-state index contributed by atoms with van der Waals surface area (Å²) in [4.78, 5) is 17.0. The lowest BCUT2D eigenvalue weighted by Crippen LogP contribution is -2.27. The van der Waals surface area contributed by atoms with Crippen molar-refractivity contribution in [3.05, 3.63) is 84.1 Å². The summed E-state index contributed by atoms with van der Waals surface area (Å²) < 4.78 is 33.2. The van der Waals surface area contributed by atoms with Crippen molar-refractivity contribution in [1.82, 2.24) is 10.3 Å². The number of hydrogen-bond donors (Lipinski definition) is 1. The molecule has 1 amide bonds. The number of anilines is 1. The van der Waals surface area contributed by atoms with Crippen molar-refractivity contribution in [1.29, 1.82) is 0 Å². The Balaban J connectivity index is 1.43. The normalized spacial score (nSPS) is 14.1. The molecule has 0 saturated heterocycles. The number of benzene rings is 2. The van der Waals surface area contributed by atoms with Gasteiger partial charge in [0.25, 0.3) is 15.9 Å². The quantitative estimate of drug-likeness (QED) is 0.540. The van der Waals surface area contributed by atoms with Crippen LogP contribution >= 0.6 is 0 Å². The van der Waals surface area contributed by atoms with E-state index in [2.05, 4.69) is 10.3 Å². The van der Waals surface area contributed by atoms with E-state index in [0.717, 1.165) is 18.4 Å². The molecule has 0 bridgehead atoms. The lowest BCUT2D eigenvalue weighted by atomic mass is 10.2. The summed E-state index contributed by atoms with van der Waals surface area (Å²) in [5, 5.41) is 2.84. The highest BCUT2D eigenvalue weighted by Crippen LogP contribution is 2.24. The molecule has 0 atom stereocenters. The van der Waals surface area contributed by atoms with Gasteiger partial charge in [0, 0.05) is 31.4 Å². The number of carbonyl (C=O) groups excluding carboxylic acids is 1. The number of nitrogens with zero attached hydrogens (tertiary/aromatic N) is 2. The van der Waals surface area contributed by atoms with Crippen LogP contribution in [0.2, 0.25) is 0 Å². The standard InChI is InChI=1S/C25H27N3O4S/c1-28(21-9-3-2-4-10-21)33(30,31)23-13-7-8-20(17-23)25(29)27-18-19-14-15-26-24(16-19)32-22-11-5-6-12-22/h2-4,7-10,13-17,22H,5-6,11-12,18H2,1H3,(H,27,29). The number of para-hydroxylation sites is 1. The van der Waals surface area contributed by atoms with Gasteiger partial charge in [-0.05, 0) is 67.6 Å². The Kier molecular flexibility index (Phi) is 6.93. The third-order valence-corrected chi connectivity index (χ3v) is 7.50. The topological polar surface area (TPSA) is 88.6 Å². The zero-order valence-corrected chi connectivity index (χ0v) is 19.3. The minimum absolute atomic E-state index is 0.0534. The maximum absolute atomic E-state index is 13.0. The molecule has 172 valence electrons. The summed E-state index contributed by atoms with van der Waals surface area (Å²) in [6, 6.07) is 18.5. The summed E-state index contributed by atoms with van der Waals surface area (Å²) in [5.74, 6) is 0.204. The molecular weight excluding hydrogens is 438 g/mol. The second-order valence-corrected chi connectivity index (χ2v) is 10.0. The second-order valence-electron chi connectivity index (χ2n) is 8.05. The molecule has 0 spiro atoms. The van der Waals surface area contributed by atoms with Crippen LogP contribution in [0.5, 0.6) is 5.88 Å². The van der Waals surface area contributed by atoms with Gasteiger partial charge in [0.1, 0.15) is 6.10 Å². The number of amides is 1. The van der Waals surface area contributed by atoms with E-state index in [-0.39, 0.29) is 29.0 Å². The van der Waals surface area contributed by atoms with E-state index in [1.165, 1.54) is 36.3 Å². The van der Waals surface area contributed by atoms with E-state index < -0.39 is 10.0 Å². The fourth-order valence-electron chi connectivity index (χ4n) is 3.82. The number of rotatable bonds is 8. The van der Waals surface area contributed by atoms with Crippen molar-refractivity contribution in [3.8, 4) is 5.88 Å². The third-order valence-electron chi connectivity index (χ3n) is 5.72. The van der Waals surface area contributed by atoms with Gasteiger partial charge in [0.15, 0.2) is 0 Å². The fourth-order valence-corrected chi connectivity index (χ4v) is 5.06. The molecule has 0 aliphatic heterocycles. The average molecular weight is 466 g/mol. The molecule has 2 aromatic carbocycles. The van der Waals surface area contributed by atoms with Crippen molar-refractivity contribution in [2.45, 2.75) is 43.2 Å². The predicted molar refractivity (Wildman–Crippen MR) is 127 cm³/mol. The van der Waals surface area contributed by atoms with Crippen molar-refractivity contribution in [2.75, 3.05) is 11.4 Å². The van der Waals surface area contributed by atoms with Crippen molar-refractivity contribution >= 4 is 21.6 Å². The monoisotopic (exact) mass is 465 g/mol. The Morgan fingerprint density at radius 2 is 1.82 bits per heavy atom. The first kappa shape index (κ1) is 22.8. The summed E-state index contributed by atoms with van der Waals surface area (Å²) in [6.45, 7) is 0.281. The van der Waals surface area contributed by atoms with E-state index in [9.17, 15) is 13.2 Å². The van der Waals surface area contributed by atoms with Gasteiger partial charge in [-0.2, -0.15) is 0 Å². The SMILES string of the molecule is CN(c1ccccc1)S(=O)(=O)c1cccc(C(=O)NCc2ccnc(OC3CCCC3)c2)c1. The van der Waals surface area contributed by atoms with Crippen LogP contribution in [0.1, 0.15) is 41.6 Å². The Morgan fingerprint density at radius 1 is 1.06 bits per heavy atom. The van der Waals surface area contributed by atoms with E-state index in [4.69, 9.17) is 4.74 Å².